The molecule has 2 fully saturated rings. The Kier molecular flexibility index (Phi) is 4.63. The van der Waals surface area contributed by atoms with Gasteiger partial charge < -0.3 is 0 Å². The van der Waals surface area contributed by atoms with Crippen molar-refractivity contribution in [2.75, 3.05) is 6.54 Å². The molecule has 2 nitrogen and oxygen atoms in total. The van der Waals surface area contributed by atoms with Gasteiger partial charge in [-0.3, -0.25) is 4.90 Å². The van der Waals surface area contributed by atoms with Gasteiger partial charge in [-0.15, -0.1) is 0 Å². The van der Waals surface area contributed by atoms with Crippen LogP contribution in [0.25, 0.3) is 0 Å². The van der Waals surface area contributed by atoms with Gasteiger partial charge in [0, 0.05) is 18.6 Å². The Balaban J connectivity index is 1.96. The highest BCUT2D eigenvalue weighted by Crippen LogP contribution is 2.35. The third-order valence-corrected chi connectivity index (χ3v) is 4.36. The van der Waals surface area contributed by atoms with E-state index >= 15 is 0 Å². The Labute approximate surface area is 114 Å². The van der Waals surface area contributed by atoms with Gasteiger partial charge in [0.25, 0.3) is 0 Å². The minimum Gasteiger partial charge on any atom is -0.294 e. The Morgan fingerprint density at radius 1 is 1.33 bits per heavy atom. The highest BCUT2D eigenvalue weighted by Gasteiger charge is 2.35. The van der Waals surface area contributed by atoms with Crippen LogP contribution in [0.3, 0.4) is 0 Å². The molecule has 2 bridgehead atoms. The maximum absolute atomic E-state index is 8.98. The molecule has 2 atom stereocenters. The lowest BCUT2D eigenvalue weighted by atomic mass is 10.0. The van der Waals surface area contributed by atoms with E-state index in [1.54, 1.807) is 0 Å². The molecule has 18 heavy (non-hydrogen) atoms. The molecule has 0 N–H and O–H groups in total. The summed E-state index contributed by atoms with van der Waals surface area (Å²) >= 11 is 5.90. The molecule has 2 aliphatic rings. The van der Waals surface area contributed by atoms with Crippen molar-refractivity contribution < 1.29 is 0 Å². The van der Waals surface area contributed by atoms with Crippen molar-refractivity contribution in [3.63, 3.8) is 0 Å². The molecular formula is C15H19ClN2. The summed E-state index contributed by atoms with van der Waals surface area (Å²) in [6, 6.07) is 3.62. The lowest BCUT2D eigenvalue weighted by molar-refractivity contribution is 0.158. The van der Waals surface area contributed by atoms with Crippen LogP contribution in [-0.4, -0.2) is 23.5 Å². The topological polar surface area (TPSA) is 27.0 Å². The van der Waals surface area contributed by atoms with Gasteiger partial charge in [0.1, 0.15) is 6.07 Å². The van der Waals surface area contributed by atoms with E-state index in [4.69, 9.17) is 16.9 Å². The van der Waals surface area contributed by atoms with E-state index in [-0.39, 0.29) is 0 Å². The number of rotatable bonds is 4. The lowest BCUT2D eigenvalue weighted by Crippen LogP contribution is -2.39. The van der Waals surface area contributed by atoms with Crippen LogP contribution in [0.2, 0.25) is 0 Å². The van der Waals surface area contributed by atoms with Crippen molar-refractivity contribution >= 4 is 11.6 Å². The van der Waals surface area contributed by atoms with E-state index in [1.807, 2.05) is 6.08 Å². The molecule has 0 spiro atoms. The minimum absolute atomic E-state index is 0.426. The molecule has 0 aromatic rings. The monoisotopic (exact) mass is 262 g/mol. The predicted octanol–water partition coefficient (Wildman–Crippen LogP) is 3.76. The van der Waals surface area contributed by atoms with Crippen molar-refractivity contribution in [1.82, 2.24) is 4.90 Å². The Hall–Kier alpha value is -1.04. The smallest absolute Gasteiger partial charge is 0.101 e. The van der Waals surface area contributed by atoms with E-state index in [0.717, 1.165) is 18.6 Å². The zero-order valence-corrected chi connectivity index (χ0v) is 11.4. The first-order valence-corrected chi connectivity index (χ1v) is 6.98. The molecule has 0 amide bonds. The first kappa shape index (κ1) is 13.4. The fraction of sp³-hybridized carbons (Fsp3) is 0.533. The molecule has 2 unspecified atom stereocenters. The van der Waals surface area contributed by atoms with E-state index in [9.17, 15) is 0 Å². The molecule has 0 aliphatic carbocycles. The SMILES string of the molecule is C=C/C(Cl)=C(C#N)\C=C/CN1C2CCCC1CC2. The van der Waals surface area contributed by atoms with Crippen molar-refractivity contribution in [3.8, 4) is 6.07 Å². The Morgan fingerprint density at radius 3 is 2.56 bits per heavy atom. The van der Waals surface area contributed by atoms with Gasteiger partial charge >= 0.3 is 0 Å². The Bertz CT molecular complexity index is 401. The molecule has 2 rings (SSSR count). The number of piperidine rings is 1. The number of halogens is 1. The quantitative estimate of drug-likeness (QED) is 0.570. The standard InChI is InChI=1S/C15H19ClN2/c1-2-15(16)12(11-17)5-4-10-18-13-6-3-7-14(18)9-8-13/h2,4-5,13-14H,1,3,6-10H2/b5-4-,15-12-. The lowest BCUT2D eigenvalue weighted by Gasteiger charge is -2.33. The van der Waals surface area contributed by atoms with E-state index in [0.29, 0.717) is 10.6 Å². The molecule has 2 saturated heterocycles. The first-order valence-electron chi connectivity index (χ1n) is 6.61. The van der Waals surface area contributed by atoms with E-state index in [2.05, 4.69) is 23.6 Å². The average molecular weight is 263 g/mol. The maximum atomic E-state index is 8.98. The second kappa shape index (κ2) is 6.22. The fourth-order valence-corrected chi connectivity index (χ4v) is 3.20. The molecule has 2 aliphatic heterocycles. The van der Waals surface area contributed by atoms with Crippen molar-refractivity contribution in [1.29, 1.82) is 5.26 Å². The van der Waals surface area contributed by atoms with Gasteiger partial charge in [-0.05, 0) is 37.8 Å². The summed E-state index contributed by atoms with van der Waals surface area (Å²) in [6.07, 6.45) is 12.1. The highest BCUT2D eigenvalue weighted by molar-refractivity contribution is 6.32. The van der Waals surface area contributed by atoms with Crippen LogP contribution in [0.15, 0.2) is 35.4 Å². The number of hydrogen-bond donors (Lipinski definition) is 0. The van der Waals surface area contributed by atoms with Gasteiger partial charge in [0.2, 0.25) is 0 Å². The normalized spacial score (nSPS) is 29.1. The molecule has 3 heteroatoms. The molecule has 0 saturated carbocycles. The Morgan fingerprint density at radius 2 is 2.00 bits per heavy atom. The summed E-state index contributed by atoms with van der Waals surface area (Å²) in [5.74, 6) is 0. The summed E-state index contributed by atoms with van der Waals surface area (Å²) < 4.78 is 0. The summed E-state index contributed by atoms with van der Waals surface area (Å²) in [7, 11) is 0. The predicted molar refractivity (Wildman–Crippen MR) is 75.2 cm³/mol. The summed E-state index contributed by atoms with van der Waals surface area (Å²) in [4.78, 5) is 2.58. The van der Waals surface area contributed by atoms with Crippen LogP contribution >= 0.6 is 11.6 Å². The van der Waals surface area contributed by atoms with Crippen LogP contribution in [-0.2, 0) is 0 Å². The van der Waals surface area contributed by atoms with Crippen molar-refractivity contribution in [2.45, 2.75) is 44.2 Å². The number of nitriles is 1. The maximum Gasteiger partial charge on any atom is 0.101 e. The van der Waals surface area contributed by atoms with Crippen LogP contribution < -0.4 is 0 Å². The third kappa shape index (κ3) is 2.85. The number of nitrogens with zero attached hydrogens (tertiary/aromatic N) is 2. The van der Waals surface area contributed by atoms with Crippen LogP contribution in [0, 0.1) is 11.3 Å². The average Bonchev–Trinajstić information content (AvgIpc) is 2.63. The van der Waals surface area contributed by atoms with E-state index in [1.165, 1.54) is 38.2 Å². The fourth-order valence-electron chi connectivity index (χ4n) is 3.09. The van der Waals surface area contributed by atoms with Gasteiger partial charge in [0.05, 0.1) is 10.6 Å². The van der Waals surface area contributed by atoms with Gasteiger partial charge in [-0.1, -0.05) is 30.7 Å². The highest BCUT2D eigenvalue weighted by atomic mass is 35.5. The van der Waals surface area contributed by atoms with Crippen LogP contribution in [0.4, 0.5) is 0 Å². The number of hydrogen-bond acceptors (Lipinski definition) is 2. The van der Waals surface area contributed by atoms with Crippen LogP contribution in [0.1, 0.15) is 32.1 Å². The van der Waals surface area contributed by atoms with Crippen molar-refractivity contribution in [3.05, 3.63) is 35.4 Å². The minimum atomic E-state index is 0.426. The summed E-state index contributed by atoms with van der Waals surface area (Å²) in [6.45, 7) is 4.51. The van der Waals surface area contributed by atoms with Gasteiger partial charge in [-0.25, -0.2) is 0 Å². The third-order valence-electron chi connectivity index (χ3n) is 4.00. The van der Waals surface area contributed by atoms with Gasteiger partial charge in [0.15, 0.2) is 0 Å². The molecule has 0 aromatic heterocycles. The van der Waals surface area contributed by atoms with Crippen molar-refractivity contribution in [2.24, 2.45) is 0 Å². The van der Waals surface area contributed by atoms with E-state index < -0.39 is 0 Å². The van der Waals surface area contributed by atoms with Crippen LogP contribution in [0.5, 0.6) is 0 Å². The largest absolute Gasteiger partial charge is 0.294 e. The number of fused-ring (bicyclic) bond motifs is 2. The second-order valence-corrected chi connectivity index (χ2v) is 5.40. The molecule has 0 aromatic carbocycles. The second-order valence-electron chi connectivity index (χ2n) is 4.99. The molecule has 96 valence electrons. The first-order chi connectivity index (χ1) is 8.76. The molecular weight excluding hydrogens is 244 g/mol. The summed E-state index contributed by atoms with van der Waals surface area (Å²) in [5.41, 5.74) is 0.496. The van der Waals surface area contributed by atoms with Gasteiger partial charge in [-0.2, -0.15) is 5.26 Å². The summed E-state index contributed by atoms with van der Waals surface area (Å²) in [5, 5.41) is 9.40. The zero-order chi connectivity index (χ0) is 13.0. The number of allylic oxidation sites excluding steroid dienone is 4. The zero-order valence-electron chi connectivity index (χ0n) is 10.6. The molecule has 0 radical (unpaired) electrons. The molecule has 2 heterocycles.